The minimum atomic E-state index is 0.0469. The largest absolute Gasteiger partial charge is 0.496 e. The molecule has 0 radical (unpaired) electrons. The molecule has 0 saturated carbocycles. The third-order valence-corrected chi connectivity index (χ3v) is 4.17. The second-order valence-electron chi connectivity index (χ2n) is 4.05. The van der Waals surface area contributed by atoms with Gasteiger partial charge in [-0.1, -0.05) is 15.9 Å². The molecule has 1 aromatic rings. The van der Waals surface area contributed by atoms with E-state index in [4.69, 9.17) is 4.74 Å². The number of likely N-dealkylation sites (N-methyl/N-ethyl adjacent to an activating group) is 1. The maximum absolute atomic E-state index is 12.1. The van der Waals surface area contributed by atoms with E-state index in [1.165, 1.54) is 0 Å². The fraction of sp³-hybridized carbons (Fsp3) is 0.462. The molecule has 0 bridgehead atoms. The fourth-order valence-corrected chi connectivity index (χ4v) is 2.42. The highest BCUT2D eigenvalue weighted by atomic mass is 79.9. The number of benzene rings is 1. The zero-order valence-corrected chi connectivity index (χ0v) is 12.5. The van der Waals surface area contributed by atoms with Crippen LogP contribution in [0.2, 0.25) is 0 Å². The van der Waals surface area contributed by atoms with Crippen molar-refractivity contribution in [3.05, 3.63) is 26.7 Å². The van der Waals surface area contributed by atoms with Gasteiger partial charge in [-0.2, -0.15) is 0 Å². The predicted octanol–water partition coefficient (Wildman–Crippen LogP) is 2.79. The van der Waals surface area contributed by atoms with E-state index in [-0.39, 0.29) is 5.78 Å². The van der Waals surface area contributed by atoms with Crippen LogP contribution in [0.4, 0.5) is 0 Å². The molecular weight excluding hydrogens is 282 g/mol. The Morgan fingerprint density at radius 3 is 2.29 bits per heavy atom. The van der Waals surface area contributed by atoms with Crippen LogP contribution in [0.1, 0.15) is 27.0 Å². The monoisotopic (exact) mass is 299 g/mol. The smallest absolute Gasteiger partial charge is 0.180 e. The average Bonchev–Trinajstić information content (AvgIpc) is 2.31. The number of ketones is 1. The summed E-state index contributed by atoms with van der Waals surface area (Å²) in [5, 5.41) is 2.88. The van der Waals surface area contributed by atoms with Gasteiger partial charge in [-0.25, -0.2) is 0 Å². The van der Waals surface area contributed by atoms with Crippen molar-refractivity contribution in [1.82, 2.24) is 5.32 Å². The van der Waals surface area contributed by atoms with Crippen LogP contribution in [0.25, 0.3) is 0 Å². The van der Waals surface area contributed by atoms with Crippen molar-refractivity contribution in [3.8, 4) is 5.75 Å². The van der Waals surface area contributed by atoms with Gasteiger partial charge in [-0.05, 0) is 44.5 Å². The van der Waals surface area contributed by atoms with E-state index in [1.807, 2.05) is 20.8 Å². The number of carbonyl (C=O) groups excluding carboxylic acids is 1. The van der Waals surface area contributed by atoms with Crippen LogP contribution in [0.3, 0.4) is 0 Å². The first kappa shape index (κ1) is 14.2. The molecule has 0 aromatic heterocycles. The molecule has 0 unspecified atom stereocenters. The highest BCUT2D eigenvalue weighted by Gasteiger charge is 2.21. The van der Waals surface area contributed by atoms with E-state index in [9.17, 15) is 4.79 Å². The van der Waals surface area contributed by atoms with Gasteiger partial charge in [0, 0.05) is 4.47 Å². The number of halogens is 1. The summed E-state index contributed by atoms with van der Waals surface area (Å²) in [7, 11) is 3.36. The van der Waals surface area contributed by atoms with E-state index >= 15 is 0 Å². The predicted molar refractivity (Wildman–Crippen MR) is 73.2 cm³/mol. The Bertz CT molecular complexity index is 455. The molecule has 17 heavy (non-hydrogen) atoms. The van der Waals surface area contributed by atoms with Crippen molar-refractivity contribution in [2.24, 2.45) is 0 Å². The number of hydrogen-bond donors (Lipinski definition) is 1. The molecule has 1 N–H and O–H groups in total. The summed E-state index contributed by atoms with van der Waals surface area (Å²) in [6.07, 6.45) is 0. The third kappa shape index (κ3) is 2.53. The zero-order valence-electron chi connectivity index (χ0n) is 10.9. The van der Waals surface area contributed by atoms with E-state index in [0.29, 0.717) is 17.9 Å². The van der Waals surface area contributed by atoms with E-state index in [0.717, 1.165) is 21.2 Å². The highest BCUT2D eigenvalue weighted by molar-refractivity contribution is 9.10. The molecule has 3 nitrogen and oxygen atoms in total. The van der Waals surface area contributed by atoms with Gasteiger partial charge in [0.05, 0.1) is 19.2 Å². The number of Topliss-reactive ketones (excluding diaryl/α,β-unsaturated/α-hetero) is 1. The maximum Gasteiger partial charge on any atom is 0.180 e. The van der Waals surface area contributed by atoms with Crippen LogP contribution in [0.5, 0.6) is 5.75 Å². The lowest BCUT2D eigenvalue weighted by molar-refractivity contribution is 0.0990. The topological polar surface area (TPSA) is 38.3 Å². The molecule has 94 valence electrons. The SMILES string of the molecule is CNCC(=O)c1c(C)c(Br)c(C)c(C)c1OC. The zero-order chi connectivity index (χ0) is 13.2. The summed E-state index contributed by atoms with van der Waals surface area (Å²) in [6.45, 7) is 6.23. The third-order valence-electron chi connectivity index (χ3n) is 2.98. The second-order valence-corrected chi connectivity index (χ2v) is 4.84. The first-order valence-corrected chi connectivity index (χ1v) is 6.26. The summed E-state index contributed by atoms with van der Waals surface area (Å²) in [4.78, 5) is 12.1. The summed E-state index contributed by atoms with van der Waals surface area (Å²) in [5.41, 5.74) is 3.71. The van der Waals surface area contributed by atoms with Gasteiger partial charge in [0.2, 0.25) is 0 Å². The number of ether oxygens (including phenoxy) is 1. The highest BCUT2D eigenvalue weighted by Crippen LogP contribution is 2.36. The van der Waals surface area contributed by atoms with Crippen molar-refractivity contribution in [2.45, 2.75) is 20.8 Å². The van der Waals surface area contributed by atoms with Gasteiger partial charge in [0.25, 0.3) is 0 Å². The van der Waals surface area contributed by atoms with Gasteiger partial charge < -0.3 is 10.1 Å². The van der Waals surface area contributed by atoms with Crippen LogP contribution in [-0.2, 0) is 0 Å². The number of rotatable bonds is 4. The molecule has 0 aliphatic carbocycles. The number of carbonyl (C=O) groups is 1. The molecule has 4 heteroatoms. The lowest BCUT2D eigenvalue weighted by Crippen LogP contribution is -2.21. The fourth-order valence-electron chi connectivity index (χ4n) is 1.92. The van der Waals surface area contributed by atoms with Crippen molar-refractivity contribution in [3.63, 3.8) is 0 Å². The van der Waals surface area contributed by atoms with Crippen molar-refractivity contribution in [1.29, 1.82) is 0 Å². The second kappa shape index (κ2) is 5.65. The minimum absolute atomic E-state index is 0.0469. The number of hydrogen-bond acceptors (Lipinski definition) is 3. The summed E-state index contributed by atoms with van der Waals surface area (Å²) >= 11 is 3.54. The van der Waals surface area contributed by atoms with Crippen LogP contribution in [0, 0.1) is 20.8 Å². The van der Waals surface area contributed by atoms with E-state index in [2.05, 4.69) is 21.2 Å². The molecule has 0 fully saturated rings. The first-order valence-electron chi connectivity index (χ1n) is 5.46. The summed E-state index contributed by atoms with van der Waals surface area (Å²) in [6, 6.07) is 0. The normalized spacial score (nSPS) is 10.5. The molecule has 0 heterocycles. The minimum Gasteiger partial charge on any atom is -0.496 e. The molecule has 0 spiro atoms. The number of nitrogens with one attached hydrogen (secondary N) is 1. The Hall–Kier alpha value is -0.870. The molecule has 0 aliphatic heterocycles. The Kier molecular flexibility index (Phi) is 4.71. The molecule has 0 saturated heterocycles. The quantitative estimate of drug-likeness (QED) is 0.869. The number of methoxy groups -OCH3 is 1. The molecule has 0 atom stereocenters. The van der Waals surface area contributed by atoms with Gasteiger partial charge in [-0.15, -0.1) is 0 Å². The first-order chi connectivity index (χ1) is 7.95. The Morgan fingerprint density at radius 1 is 1.24 bits per heavy atom. The van der Waals surface area contributed by atoms with Crippen LogP contribution >= 0.6 is 15.9 Å². The van der Waals surface area contributed by atoms with Crippen LogP contribution in [0.15, 0.2) is 4.47 Å². The molecule has 0 amide bonds. The summed E-state index contributed by atoms with van der Waals surface area (Å²) in [5.74, 6) is 0.731. The van der Waals surface area contributed by atoms with Gasteiger partial charge in [-0.3, -0.25) is 4.79 Å². The standard InChI is InChI=1S/C13H18BrNO2/c1-7-8(2)13(17-5)11(9(3)12(7)14)10(16)6-15-4/h15H,6H2,1-5H3. The van der Waals surface area contributed by atoms with Crippen molar-refractivity contribution < 1.29 is 9.53 Å². The van der Waals surface area contributed by atoms with Crippen molar-refractivity contribution in [2.75, 3.05) is 20.7 Å². The molecule has 1 aromatic carbocycles. The average molecular weight is 300 g/mol. The Morgan fingerprint density at radius 2 is 1.82 bits per heavy atom. The molecule has 1 rings (SSSR count). The Labute approximate surface area is 111 Å². The van der Waals surface area contributed by atoms with Gasteiger partial charge in [0.1, 0.15) is 5.75 Å². The molecular formula is C13H18BrNO2. The molecule has 0 aliphatic rings. The van der Waals surface area contributed by atoms with Crippen molar-refractivity contribution >= 4 is 21.7 Å². The van der Waals surface area contributed by atoms with Gasteiger partial charge in [0.15, 0.2) is 5.78 Å². The maximum atomic E-state index is 12.1. The van der Waals surface area contributed by atoms with Crippen LogP contribution < -0.4 is 10.1 Å². The summed E-state index contributed by atoms with van der Waals surface area (Å²) < 4.78 is 6.37. The van der Waals surface area contributed by atoms with Gasteiger partial charge >= 0.3 is 0 Å². The van der Waals surface area contributed by atoms with E-state index < -0.39 is 0 Å². The van der Waals surface area contributed by atoms with E-state index in [1.54, 1.807) is 14.2 Å². The lowest BCUT2D eigenvalue weighted by Gasteiger charge is -2.17. The Balaban J connectivity index is 3.52. The lowest BCUT2D eigenvalue weighted by atomic mass is 9.96. The van der Waals surface area contributed by atoms with Crippen LogP contribution in [-0.4, -0.2) is 26.5 Å².